The predicted molar refractivity (Wildman–Crippen MR) is 61.4 cm³/mol. The van der Waals surface area contributed by atoms with Crippen molar-refractivity contribution in [1.29, 1.82) is 0 Å². The van der Waals surface area contributed by atoms with E-state index in [1.165, 1.54) is 12.8 Å². The highest BCUT2D eigenvalue weighted by molar-refractivity contribution is 7.53. The molecule has 0 spiro atoms. The molecule has 90 valence electrons. The number of hydrogen-bond donors (Lipinski definition) is 1. The third-order valence-electron chi connectivity index (χ3n) is 2.51. The lowest BCUT2D eigenvalue weighted by molar-refractivity contribution is 0.215. The van der Waals surface area contributed by atoms with Crippen LogP contribution in [0.2, 0.25) is 0 Å². The lowest BCUT2D eigenvalue weighted by Crippen LogP contribution is -2.37. The van der Waals surface area contributed by atoms with E-state index in [4.69, 9.17) is 9.05 Å². The van der Waals surface area contributed by atoms with E-state index in [-0.39, 0.29) is 0 Å². The summed E-state index contributed by atoms with van der Waals surface area (Å²) in [6, 6.07) is 0.294. The van der Waals surface area contributed by atoms with Crippen LogP contribution in [0, 0.1) is 0 Å². The van der Waals surface area contributed by atoms with Crippen molar-refractivity contribution in [2.45, 2.75) is 39.2 Å². The van der Waals surface area contributed by atoms with Gasteiger partial charge in [-0.05, 0) is 33.2 Å². The summed E-state index contributed by atoms with van der Waals surface area (Å²) in [6.45, 7) is 5.61. The molecule has 0 aromatic rings. The minimum atomic E-state index is -2.85. The van der Waals surface area contributed by atoms with Gasteiger partial charge in [-0.2, -0.15) is 0 Å². The Hall–Kier alpha value is 0.110. The molecule has 0 amide bonds. The molecule has 1 unspecified atom stereocenters. The second-order valence-electron chi connectivity index (χ2n) is 3.78. The summed E-state index contributed by atoms with van der Waals surface area (Å²) in [7, 11) is -2.85. The molecule has 1 saturated heterocycles. The molecule has 1 aliphatic rings. The second kappa shape index (κ2) is 6.64. The molecular formula is C10H22NO3P. The van der Waals surface area contributed by atoms with Crippen LogP contribution in [0.1, 0.15) is 33.1 Å². The van der Waals surface area contributed by atoms with Gasteiger partial charge in [0.25, 0.3) is 0 Å². The highest BCUT2D eigenvalue weighted by atomic mass is 31.2. The first kappa shape index (κ1) is 13.2. The van der Waals surface area contributed by atoms with Gasteiger partial charge in [-0.25, -0.2) is 0 Å². The van der Waals surface area contributed by atoms with E-state index in [1.54, 1.807) is 0 Å². The van der Waals surface area contributed by atoms with E-state index in [2.05, 4.69) is 5.32 Å². The molecular weight excluding hydrogens is 213 g/mol. The fourth-order valence-electron chi connectivity index (χ4n) is 1.89. The van der Waals surface area contributed by atoms with Crippen LogP contribution in [0.4, 0.5) is 0 Å². The Labute approximate surface area is 92.3 Å². The number of rotatable bonds is 6. The molecule has 5 heteroatoms. The van der Waals surface area contributed by atoms with Crippen LogP contribution in [0.3, 0.4) is 0 Å². The Bertz CT molecular complexity index is 207. The SMILES string of the molecule is CCOP(=O)(CC1CCCCN1)OCC. The maximum absolute atomic E-state index is 12.2. The van der Waals surface area contributed by atoms with Crippen molar-refractivity contribution in [3.63, 3.8) is 0 Å². The van der Waals surface area contributed by atoms with Gasteiger partial charge in [0.15, 0.2) is 0 Å². The quantitative estimate of drug-likeness (QED) is 0.718. The van der Waals surface area contributed by atoms with Gasteiger partial charge in [0.05, 0.1) is 19.4 Å². The van der Waals surface area contributed by atoms with Crippen molar-refractivity contribution < 1.29 is 13.6 Å². The Kier molecular flexibility index (Phi) is 5.83. The highest BCUT2D eigenvalue weighted by Crippen LogP contribution is 2.49. The molecule has 1 aliphatic heterocycles. The van der Waals surface area contributed by atoms with Gasteiger partial charge < -0.3 is 14.4 Å². The second-order valence-corrected chi connectivity index (χ2v) is 5.88. The minimum absolute atomic E-state index is 0.294. The number of piperidine rings is 1. The summed E-state index contributed by atoms with van der Waals surface area (Å²) < 4.78 is 22.7. The lowest BCUT2D eigenvalue weighted by atomic mass is 10.1. The first-order chi connectivity index (χ1) is 7.20. The van der Waals surface area contributed by atoms with Gasteiger partial charge in [-0.3, -0.25) is 4.57 Å². The Morgan fingerprint density at radius 1 is 1.27 bits per heavy atom. The molecule has 0 saturated carbocycles. The van der Waals surface area contributed by atoms with Gasteiger partial charge in [0.1, 0.15) is 0 Å². The summed E-state index contributed by atoms with van der Waals surface area (Å²) in [5, 5.41) is 3.36. The van der Waals surface area contributed by atoms with E-state index in [1.807, 2.05) is 13.8 Å². The molecule has 1 fully saturated rings. The molecule has 0 aliphatic carbocycles. The van der Waals surface area contributed by atoms with Crippen molar-refractivity contribution in [2.24, 2.45) is 0 Å². The highest BCUT2D eigenvalue weighted by Gasteiger charge is 2.28. The van der Waals surface area contributed by atoms with Crippen molar-refractivity contribution in [2.75, 3.05) is 25.9 Å². The maximum Gasteiger partial charge on any atom is 0.332 e. The minimum Gasteiger partial charge on any atom is -0.313 e. The molecule has 1 heterocycles. The number of nitrogens with one attached hydrogen (secondary N) is 1. The molecule has 0 aromatic carbocycles. The van der Waals surface area contributed by atoms with Crippen LogP contribution in [-0.4, -0.2) is 32.0 Å². The predicted octanol–water partition coefficient (Wildman–Crippen LogP) is 2.39. The Balaban J connectivity index is 2.45. The van der Waals surface area contributed by atoms with Crippen LogP contribution in [0.5, 0.6) is 0 Å². The third kappa shape index (κ3) is 4.64. The van der Waals surface area contributed by atoms with E-state index < -0.39 is 7.60 Å². The summed E-state index contributed by atoms with van der Waals surface area (Å²) >= 11 is 0. The molecule has 0 bridgehead atoms. The Morgan fingerprint density at radius 2 is 1.93 bits per heavy atom. The zero-order chi connectivity index (χ0) is 11.1. The molecule has 1 atom stereocenters. The maximum atomic E-state index is 12.2. The van der Waals surface area contributed by atoms with Gasteiger partial charge in [0.2, 0.25) is 0 Å². The van der Waals surface area contributed by atoms with Crippen molar-refractivity contribution >= 4 is 7.60 Å². The van der Waals surface area contributed by atoms with Crippen molar-refractivity contribution in [1.82, 2.24) is 5.32 Å². The first-order valence-electron chi connectivity index (χ1n) is 5.81. The summed E-state index contributed by atoms with van der Waals surface area (Å²) in [5.74, 6) is 0. The zero-order valence-electron chi connectivity index (χ0n) is 9.70. The molecule has 4 nitrogen and oxygen atoms in total. The largest absolute Gasteiger partial charge is 0.332 e. The van der Waals surface area contributed by atoms with Gasteiger partial charge in [-0.1, -0.05) is 6.42 Å². The third-order valence-corrected chi connectivity index (χ3v) is 4.70. The van der Waals surface area contributed by atoms with Crippen LogP contribution in [0.25, 0.3) is 0 Å². The van der Waals surface area contributed by atoms with Crippen LogP contribution in [-0.2, 0) is 13.6 Å². The normalized spacial score (nSPS) is 22.9. The van der Waals surface area contributed by atoms with Gasteiger partial charge in [0, 0.05) is 6.04 Å². The monoisotopic (exact) mass is 235 g/mol. The van der Waals surface area contributed by atoms with Crippen molar-refractivity contribution in [3.8, 4) is 0 Å². The number of hydrogen-bond acceptors (Lipinski definition) is 4. The molecule has 1 N–H and O–H groups in total. The molecule has 15 heavy (non-hydrogen) atoms. The van der Waals surface area contributed by atoms with Crippen LogP contribution in [0.15, 0.2) is 0 Å². The average molecular weight is 235 g/mol. The summed E-state index contributed by atoms with van der Waals surface area (Å²) in [5.41, 5.74) is 0. The van der Waals surface area contributed by atoms with Gasteiger partial charge >= 0.3 is 7.60 Å². The topological polar surface area (TPSA) is 47.6 Å². The fourth-order valence-corrected chi connectivity index (χ4v) is 3.81. The molecule has 0 aromatic heterocycles. The lowest BCUT2D eigenvalue weighted by Gasteiger charge is -2.27. The van der Waals surface area contributed by atoms with Crippen LogP contribution >= 0.6 is 7.60 Å². The Morgan fingerprint density at radius 3 is 2.40 bits per heavy atom. The van der Waals surface area contributed by atoms with E-state index in [0.717, 1.165) is 13.0 Å². The molecule has 1 rings (SSSR count). The van der Waals surface area contributed by atoms with Crippen LogP contribution < -0.4 is 5.32 Å². The summed E-state index contributed by atoms with van der Waals surface area (Å²) in [6.07, 6.45) is 4.00. The van der Waals surface area contributed by atoms with Crippen molar-refractivity contribution in [3.05, 3.63) is 0 Å². The van der Waals surface area contributed by atoms with E-state index in [0.29, 0.717) is 25.4 Å². The standard InChI is InChI=1S/C10H22NO3P/c1-3-13-15(12,14-4-2)9-10-7-5-6-8-11-10/h10-11H,3-9H2,1-2H3. The first-order valence-corrected chi connectivity index (χ1v) is 7.54. The zero-order valence-corrected chi connectivity index (χ0v) is 10.6. The average Bonchev–Trinajstić information content (AvgIpc) is 2.19. The van der Waals surface area contributed by atoms with E-state index in [9.17, 15) is 4.57 Å². The molecule has 0 radical (unpaired) electrons. The van der Waals surface area contributed by atoms with Gasteiger partial charge in [-0.15, -0.1) is 0 Å². The smallest absolute Gasteiger partial charge is 0.313 e. The van der Waals surface area contributed by atoms with E-state index >= 15 is 0 Å². The summed E-state index contributed by atoms with van der Waals surface area (Å²) in [4.78, 5) is 0. The fraction of sp³-hybridized carbons (Fsp3) is 1.00.